The molecule has 0 aliphatic rings. The van der Waals surface area contributed by atoms with E-state index in [9.17, 15) is 4.79 Å². The third-order valence-electron chi connectivity index (χ3n) is 2.33. The lowest BCUT2D eigenvalue weighted by Gasteiger charge is -2.12. The largest absolute Gasteiger partial charge is 0.475 e. The first-order valence-electron chi connectivity index (χ1n) is 5.64. The van der Waals surface area contributed by atoms with E-state index >= 15 is 0 Å². The van der Waals surface area contributed by atoms with Crippen LogP contribution in [-0.4, -0.2) is 28.7 Å². The third kappa shape index (κ3) is 4.82. The van der Waals surface area contributed by atoms with Crippen molar-refractivity contribution in [2.24, 2.45) is 0 Å². The standard InChI is InChI=1S/C12H18N2O3/c1-3-9(2)17-12-6-10(4-5-13-12)7-14-11(16)8-15/h4-6,9,15H,3,7-8H2,1-2H3,(H,14,16). The molecule has 1 unspecified atom stereocenters. The van der Waals surface area contributed by atoms with Crippen LogP contribution < -0.4 is 10.1 Å². The topological polar surface area (TPSA) is 71.5 Å². The molecule has 0 aliphatic heterocycles. The minimum atomic E-state index is -0.499. The summed E-state index contributed by atoms with van der Waals surface area (Å²) in [7, 11) is 0. The van der Waals surface area contributed by atoms with Gasteiger partial charge in [-0.05, 0) is 25.0 Å². The summed E-state index contributed by atoms with van der Waals surface area (Å²) in [5.74, 6) is 0.154. The number of aromatic nitrogens is 1. The molecule has 1 aromatic rings. The van der Waals surface area contributed by atoms with Crippen LogP contribution >= 0.6 is 0 Å². The summed E-state index contributed by atoms with van der Waals surface area (Å²) in [4.78, 5) is 15.0. The van der Waals surface area contributed by atoms with Crippen LogP contribution in [0.4, 0.5) is 0 Å². The molecular weight excluding hydrogens is 220 g/mol. The normalized spacial score (nSPS) is 11.9. The molecular formula is C12H18N2O3. The molecule has 0 aromatic carbocycles. The third-order valence-corrected chi connectivity index (χ3v) is 2.33. The number of nitrogens with one attached hydrogen (secondary N) is 1. The summed E-state index contributed by atoms with van der Waals surface area (Å²) in [6, 6.07) is 3.57. The number of amides is 1. The van der Waals surface area contributed by atoms with Gasteiger partial charge in [-0.2, -0.15) is 0 Å². The number of aliphatic hydroxyl groups excluding tert-OH is 1. The molecule has 0 radical (unpaired) electrons. The van der Waals surface area contributed by atoms with Crippen molar-refractivity contribution in [1.29, 1.82) is 0 Å². The SMILES string of the molecule is CCC(C)Oc1cc(CNC(=O)CO)ccn1. The molecule has 17 heavy (non-hydrogen) atoms. The Bertz CT molecular complexity index is 369. The zero-order chi connectivity index (χ0) is 12.7. The van der Waals surface area contributed by atoms with Crippen LogP contribution in [0.2, 0.25) is 0 Å². The molecule has 0 bridgehead atoms. The molecule has 0 fully saturated rings. The number of carbonyl (C=O) groups excluding carboxylic acids is 1. The summed E-state index contributed by atoms with van der Waals surface area (Å²) < 4.78 is 5.56. The lowest BCUT2D eigenvalue weighted by atomic mass is 10.2. The van der Waals surface area contributed by atoms with Crippen LogP contribution in [0, 0.1) is 0 Å². The Morgan fingerprint density at radius 3 is 3.06 bits per heavy atom. The van der Waals surface area contributed by atoms with E-state index in [1.807, 2.05) is 13.8 Å². The van der Waals surface area contributed by atoms with E-state index in [2.05, 4.69) is 10.3 Å². The molecule has 1 rings (SSSR count). The second-order valence-corrected chi connectivity index (χ2v) is 3.77. The van der Waals surface area contributed by atoms with E-state index in [0.29, 0.717) is 12.4 Å². The average molecular weight is 238 g/mol. The van der Waals surface area contributed by atoms with Crippen molar-refractivity contribution < 1.29 is 14.6 Å². The predicted octanol–water partition coefficient (Wildman–Crippen LogP) is 0.867. The highest BCUT2D eigenvalue weighted by molar-refractivity contribution is 5.76. The van der Waals surface area contributed by atoms with Crippen LogP contribution in [-0.2, 0) is 11.3 Å². The molecule has 1 atom stereocenters. The van der Waals surface area contributed by atoms with Crippen molar-refractivity contribution in [3.63, 3.8) is 0 Å². The number of carbonyl (C=O) groups is 1. The number of rotatable bonds is 6. The molecule has 1 aromatic heterocycles. The minimum Gasteiger partial charge on any atom is -0.475 e. The molecule has 1 amide bonds. The summed E-state index contributed by atoms with van der Waals surface area (Å²) in [5.41, 5.74) is 0.889. The Kier molecular flexibility index (Phi) is 5.42. The average Bonchev–Trinajstić information content (AvgIpc) is 2.36. The van der Waals surface area contributed by atoms with Crippen molar-refractivity contribution in [2.45, 2.75) is 32.9 Å². The van der Waals surface area contributed by atoms with E-state index in [4.69, 9.17) is 9.84 Å². The van der Waals surface area contributed by atoms with Crippen LogP contribution in [0.1, 0.15) is 25.8 Å². The Labute approximate surface area is 101 Å². The number of aliphatic hydroxyl groups is 1. The fourth-order valence-corrected chi connectivity index (χ4v) is 1.17. The molecule has 0 spiro atoms. The first-order chi connectivity index (χ1) is 8.15. The van der Waals surface area contributed by atoms with Crippen LogP contribution in [0.15, 0.2) is 18.3 Å². The maximum Gasteiger partial charge on any atom is 0.245 e. The summed E-state index contributed by atoms with van der Waals surface area (Å²) >= 11 is 0. The minimum absolute atomic E-state index is 0.116. The maximum absolute atomic E-state index is 10.9. The van der Waals surface area contributed by atoms with Crippen molar-refractivity contribution in [2.75, 3.05) is 6.61 Å². The number of nitrogens with zero attached hydrogens (tertiary/aromatic N) is 1. The summed E-state index contributed by atoms with van der Waals surface area (Å²) in [6.45, 7) is 3.87. The lowest BCUT2D eigenvalue weighted by molar-refractivity contribution is -0.123. The van der Waals surface area contributed by atoms with Gasteiger partial charge in [0.15, 0.2) is 0 Å². The van der Waals surface area contributed by atoms with E-state index in [1.54, 1.807) is 18.3 Å². The Morgan fingerprint density at radius 1 is 1.65 bits per heavy atom. The van der Waals surface area contributed by atoms with E-state index < -0.39 is 12.5 Å². The number of hydrogen-bond acceptors (Lipinski definition) is 4. The van der Waals surface area contributed by atoms with E-state index in [0.717, 1.165) is 12.0 Å². The van der Waals surface area contributed by atoms with Crippen molar-refractivity contribution in [1.82, 2.24) is 10.3 Å². The fraction of sp³-hybridized carbons (Fsp3) is 0.500. The van der Waals surface area contributed by atoms with Crippen molar-refractivity contribution in [3.8, 4) is 5.88 Å². The Morgan fingerprint density at radius 2 is 2.41 bits per heavy atom. The van der Waals surface area contributed by atoms with Crippen molar-refractivity contribution >= 4 is 5.91 Å². The summed E-state index contributed by atoms with van der Waals surface area (Å²) in [5, 5.41) is 11.1. The molecule has 5 heteroatoms. The highest BCUT2D eigenvalue weighted by Crippen LogP contribution is 2.12. The maximum atomic E-state index is 10.9. The first-order valence-corrected chi connectivity index (χ1v) is 5.64. The summed E-state index contributed by atoms with van der Waals surface area (Å²) in [6.07, 6.45) is 2.66. The molecule has 0 aliphatic carbocycles. The quantitative estimate of drug-likeness (QED) is 0.771. The van der Waals surface area contributed by atoms with Crippen LogP contribution in [0.5, 0.6) is 5.88 Å². The molecule has 2 N–H and O–H groups in total. The number of pyridine rings is 1. The highest BCUT2D eigenvalue weighted by Gasteiger charge is 2.04. The Balaban J connectivity index is 2.56. The molecule has 1 heterocycles. The zero-order valence-electron chi connectivity index (χ0n) is 10.1. The van der Waals surface area contributed by atoms with Gasteiger partial charge < -0.3 is 15.2 Å². The lowest BCUT2D eigenvalue weighted by Crippen LogP contribution is -2.25. The van der Waals surface area contributed by atoms with E-state index in [-0.39, 0.29) is 6.10 Å². The van der Waals surface area contributed by atoms with E-state index in [1.165, 1.54) is 0 Å². The fourth-order valence-electron chi connectivity index (χ4n) is 1.17. The van der Waals surface area contributed by atoms with Gasteiger partial charge in [-0.15, -0.1) is 0 Å². The predicted molar refractivity (Wildman–Crippen MR) is 63.6 cm³/mol. The van der Waals surface area contributed by atoms with Gasteiger partial charge in [0.1, 0.15) is 6.61 Å². The van der Waals surface area contributed by atoms with Gasteiger partial charge in [0.2, 0.25) is 11.8 Å². The van der Waals surface area contributed by atoms with Crippen LogP contribution in [0.25, 0.3) is 0 Å². The molecule has 0 saturated carbocycles. The number of ether oxygens (including phenoxy) is 1. The molecule has 5 nitrogen and oxygen atoms in total. The zero-order valence-corrected chi connectivity index (χ0v) is 10.1. The van der Waals surface area contributed by atoms with Gasteiger partial charge in [-0.3, -0.25) is 4.79 Å². The number of hydrogen-bond donors (Lipinski definition) is 2. The first kappa shape index (κ1) is 13.4. The van der Waals surface area contributed by atoms with Gasteiger partial charge in [-0.1, -0.05) is 6.92 Å². The second kappa shape index (κ2) is 6.85. The van der Waals surface area contributed by atoms with Crippen LogP contribution in [0.3, 0.4) is 0 Å². The second-order valence-electron chi connectivity index (χ2n) is 3.77. The molecule has 0 saturated heterocycles. The monoisotopic (exact) mass is 238 g/mol. The van der Waals surface area contributed by atoms with Gasteiger partial charge >= 0.3 is 0 Å². The highest BCUT2D eigenvalue weighted by atomic mass is 16.5. The smallest absolute Gasteiger partial charge is 0.245 e. The van der Waals surface area contributed by atoms with Crippen molar-refractivity contribution in [3.05, 3.63) is 23.9 Å². The molecule has 94 valence electrons. The van der Waals surface area contributed by atoms with Gasteiger partial charge in [0, 0.05) is 18.8 Å². The Hall–Kier alpha value is -1.62. The van der Waals surface area contributed by atoms with Gasteiger partial charge in [0.25, 0.3) is 0 Å². The van der Waals surface area contributed by atoms with Gasteiger partial charge in [0.05, 0.1) is 6.10 Å². The van der Waals surface area contributed by atoms with Gasteiger partial charge in [-0.25, -0.2) is 4.98 Å².